The van der Waals surface area contributed by atoms with Crippen LogP contribution in [-0.4, -0.2) is 39.8 Å². The molecule has 0 saturated heterocycles. The number of sulfonamides is 2. The molecule has 0 aliphatic carbocycles. The van der Waals surface area contributed by atoms with Crippen molar-refractivity contribution in [2.24, 2.45) is 5.10 Å². The minimum Gasteiger partial charge on any atom is -0.497 e. The molecule has 8 nitrogen and oxygen atoms in total. The second kappa shape index (κ2) is 9.88. The van der Waals surface area contributed by atoms with E-state index in [1.807, 2.05) is 12.1 Å². The predicted octanol–water partition coefficient (Wildman–Crippen LogP) is 4.65. The third-order valence-corrected chi connectivity index (χ3v) is 8.86. The number of rotatable bonds is 8. The van der Waals surface area contributed by atoms with Gasteiger partial charge in [0.25, 0.3) is 10.0 Å². The van der Waals surface area contributed by atoms with Crippen LogP contribution in [0.3, 0.4) is 0 Å². The van der Waals surface area contributed by atoms with Crippen LogP contribution >= 0.6 is 11.6 Å². The van der Waals surface area contributed by atoms with E-state index >= 15 is 0 Å². The number of ether oxygens (including phenoxy) is 1. The molecular weight excluding hydrogens is 510 g/mol. The number of hydrogen-bond donors (Lipinski definition) is 1. The van der Waals surface area contributed by atoms with Crippen LogP contribution in [0.15, 0.2) is 82.8 Å². The number of hydrazone groups is 1. The summed E-state index contributed by atoms with van der Waals surface area (Å²) in [5.41, 5.74) is 2.44. The lowest BCUT2D eigenvalue weighted by Crippen LogP contribution is -2.27. The second-order valence-corrected chi connectivity index (χ2v) is 12.1. The topological polar surface area (TPSA) is 105 Å². The quantitative estimate of drug-likeness (QED) is 0.453. The zero-order chi connectivity index (χ0) is 25.2. The molecule has 1 aliphatic heterocycles. The summed E-state index contributed by atoms with van der Waals surface area (Å²) < 4.78 is 59.6. The number of nitrogens with one attached hydrogen (secondary N) is 1. The Labute approximate surface area is 210 Å². The normalized spacial score (nSPS) is 16.1. The van der Waals surface area contributed by atoms with Gasteiger partial charge in [-0.3, -0.25) is 4.72 Å². The van der Waals surface area contributed by atoms with Gasteiger partial charge in [0, 0.05) is 17.1 Å². The highest BCUT2D eigenvalue weighted by molar-refractivity contribution is 7.92. The van der Waals surface area contributed by atoms with Crippen molar-refractivity contribution >= 4 is 43.0 Å². The van der Waals surface area contributed by atoms with Gasteiger partial charge in [0.1, 0.15) is 5.75 Å². The Kier molecular flexibility index (Phi) is 7.07. The maximum atomic E-state index is 13.5. The molecule has 0 radical (unpaired) electrons. The molecule has 0 aromatic heterocycles. The zero-order valence-electron chi connectivity index (χ0n) is 19.0. The molecule has 0 saturated carbocycles. The summed E-state index contributed by atoms with van der Waals surface area (Å²) in [7, 11) is -5.82. The molecular formula is C24H24ClN3O5S2. The molecule has 184 valence electrons. The summed E-state index contributed by atoms with van der Waals surface area (Å²) in [6.07, 6.45) is 0.333. The van der Waals surface area contributed by atoms with E-state index < -0.39 is 26.1 Å². The molecule has 1 heterocycles. The highest BCUT2D eigenvalue weighted by atomic mass is 35.5. The Morgan fingerprint density at radius 1 is 0.971 bits per heavy atom. The first-order valence-electron chi connectivity index (χ1n) is 10.8. The Bertz CT molecular complexity index is 1440. The summed E-state index contributed by atoms with van der Waals surface area (Å²) in [6, 6.07) is 19.2. The van der Waals surface area contributed by atoms with Crippen molar-refractivity contribution in [2.75, 3.05) is 17.6 Å². The van der Waals surface area contributed by atoms with Crippen LogP contribution in [-0.2, 0) is 20.0 Å². The maximum Gasteiger partial charge on any atom is 0.279 e. The van der Waals surface area contributed by atoms with Crippen molar-refractivity contribution in [3.63, 3.8) is 0 Å². The third kappa shape index (κ3) is 5.44. The number of halogens is 1. The van der Waals surface area contributed by atoms with E-state index in [0.717, 1.165) is 9.98 Å². The van der Waals surface area contributed by atoms with Crippen LogP contribution in [0.2, 0.25) is 5.02 Å². The number of hydrogen-bond acceptors (Lipinski definition) is 6. The zero-order valence-corrected chi connectivity index (χ0v) is 21.4. The van der Waals surface area contributed by atoms with Gasteiger partial charge in [0.15, 0.2) is 0 Å². The maximum absolute atomic E-state index is 13.5. The fraction of sp³-hybridized carbons (Fsp3) is 0.208. The Hall–Kier alpha value is -3.08. The molecule has 0 unspecified atom stereocenters. The molecule has 3 aromatic carbocycles. The number of nitrogens with zero attached hydrogens (tertiary/aromatic N) is 2. The van der Waals surface area contributed by atoms with Crippen molar-refractivity contribution < 1.29 is 21.6 Å². The summed E-state index contributed by atoms with van der Waals surface area (Å²) in [4.78, 5) is 0.0785. The van der Waals surface area contributed by atoms with Crippen LogP contribution in [0.5, 0.6) is 5.75 Å². The lowest BCUT2D eigenvalue weighted by molar-refractivity contribution is 0.370. The Morgan fingerprint density at radius 2 is 1.60 bits per heavy atom. The average Bonchev–Trinajstić information content (AvgIpc) is 3.31. The summed E-state index contributed by atoms with van der Waals surface area (Å²) in [5, 5.41) is 4.94. The molecule has 0 fully saturated rings. The minimum atomic E-state index is -3.98. The lowest BCUT2D eigenvalue weighted by Gasteiger charge is -2.23. The largest absolute Gasteiger partial charge is 0.497 e. The molecule has 0 bridgehead atoms. The highest BCUT2D eigenvalue weighted by Crippen LogP contribution is 2.38. The number of methoxy groups -OCH3 is 1. The molecule has 0 amide bonds. The first-order valence-corrected chi connectivity index (χ1v) is 14.2. The SMILES string of the molecule is CCS(=O)(=O)Nc1ccc(C2=NN(S(=O)(=O)c3ccc(Cl)cc3)[C@H](c3ccc(OC)cc3)C2)cc1. The van der Waals surface area contributed by atoms with Gasteiger partial charge in [0.05, 0.1) is 29.5 Å². The van der Waals surface area contributed by atoms with Crippen molar-refractivity contribution in [1.82, 2.24) is 4.41 Å². The molecule has 0 spiro atoms. The molecule has 4 rings (SSSR count). The van der Waals surface area contributed by atoms with Crippen LogP contribution < -0.4 is 9.46 Å². The monoisotopic (exact) mass is 533 g/mol. The highest BCUT2D eigenvalue weighted by Gasteiger charge is 2.37. The van der Waals surface area contributed by atoms with Gasteiger partial charge in [-0.05, 0) is 66.6 Å². The first kappa shape index (κ1) is 25.0. The number of benzene rings is 3. The van der Waals surface area contributed by atoms with E-state index in [1.165, 1.54) is 24.3 Å². The molecule has 11 heteroatoms. The van der Waals surface area contributed by atoms with Gasteiger partial charge in [-0.1, -0.05) is 35.9 Å². The Morgan fingerprint density at radius 3 is 2.17 bits per heavy atom. The van der Waals surface area contributed by atoms with Crippen LogP contribution in [0, 0.1) is 0 Å². The van der Waals surface area contributed by atoms with E-state index in [4.69, 9.17) is 16.3 Å². The smallest absolute Gasteiger partial charge is 0.279 e. The van der Waals surface area contributed by atoms with Crippen molar-refractivity contribution in [1.29, 1.82) is 0 Å². The van der Waals surface area contributed by atoms with Crippen LogP contribution in [0.25, 0.3) is 0 Å². The van der Waals surface area contributed by atoms with E-state index in [-0.39, 0.29) is 10.6 Å². The van der Waals surface area contributed by atoms with Gasteiger partial charge in [-0.2, -0.15) is 17.9 Å². The minimum absolute atomic E-state index is 0.0392. The van der Waals surface area contributed by atoms with Gasteiger partial charge >= 0.3 is 0 Å². The third-order valence-electron chi connectivity index (χ3n) is 5.60. The summed E-state index contributed by atoms with van der Waals surface area (Å²) in [5.74, 6) is 0.618. The summed E-state index contributed by atoms with van der Waals surface area (Å²) in [6.45, 7) is 1.55. The van der Waals surface area contributed by atoms with E-state index in [9.17, 15) is 16.8 Å². The first-order chi connectivity index (χ1) is 16.6. The fourth-order valence-corrected chi connectivity index (χ4v) is 5.85. The Balaban J connectivity index is 1.71. The van der Waals surface area contributed by atoms with Gasteiger partial charge in [-0.15, -0.1) is 0 Å². The molecule has 1 atom stereocenters. The molecule has 1 N–H and O–H groups in total. The van der Waals surface area contributed by atoms with Gasteiger partial charge in [0.2, 0.25) is 10.0 Å². The molecule has 3 aromatic rings. The van der Waals surface area contributed by atoms with E-state index in [1.54, 1.807) is 50.4 Å². The van der Waals surface area contributed by atoms with E-state index in [2.05, 4.69) is 9.82 Å². The van der Waals surface area contributed by atoms with Crippen molar-refractivity contribution in [3.8, 4) is 5.75 Å². The van der Waals surface area contributed by atoms with Crippen LogP contribution in [0.1, 0.15) is 30.5 Å². The summed E-state index contributed by atoms with van der Waals surface area (Å²) >= 11 is 5.95. The van der Waals surface area contributed by atoms with Crippen molar-refractivity contribution in [3.05, 3.63) is 88.9 Å². The average molecular weight is 534 g/mol. The van der Waals surface area contributed by atoms with Gasteiger partial charge < -0.3 is 4.74 Å². The van der Waals surface area contributed by atoms with Gasteiger partial charge in [-0.25, -0.2) is 8.42 Å². The standard InChI is InChI=1S/C24H24ClN3O5S2/c1-3-34(29,30)27-20-10-4-17(5-11-20)23-16-24(18-6-12-21(33-2)13-7-18)28(26-23)35(31,32)22-14-8-19(25)9-15-22/h4-15,24,27H,3,16H2,1-2H3/t24-/m0/s1. The second-order valence-electron chi connectivity index (χ2n) is 7.85. The van der Waals surface area contributed by atoms with Crippen molar-refractivity contribution in [2.45, 2.75) is 24.3 Å². The van der Waals surface area contributed by atoms with Crippen LogP contribution in [0.4, 0.5) is 5.69 Å². The lowest BCUT2D eigenvalue weighted by atomic mass is 9.99. The number of anilines is 1. The molecule has 35 heavy (non-hydrogen) atoms. The van der Waals surface area contributed by atoms with E-state index in [0.29, 0.717) is 34.2 Å². The molecule has 1 aliphatic rings. The predicted molar refractivity (Wildman–Crippen MR) is 137 cm³/mol. The fourth-order valence-electron chi connectivity index (χ4n) is 3.66.